The topological polar surface area (TPSA) is 91.4 Å². The molecule has 0 aliphatic carbocycles. The predicted octanol–water partition coefficient (Wildman–Crippen LogP) is 0.959. The Hall–Kier alpha value is -2.45. The molecule has 1 aromatic carbocycles. The summed E-state index contributed by atoms with van der Waals surface area (Å²) in [5, 5.41) is 2.88. The Morgan fingerprint density at radius 1 is 1.21 bits per heavy atom. The van der Waals surface area contributed by atoms with Crippen LogP contribution in [-0.2, 0) is 14.8 Å². The van der Waals surface area contributed by atoms with E-state index in [1.807, 2.05) is 29.2 Å². The molecule has 0 spiro atoms. The Labute approximate surface area is 139 Å². The van der Waals surface area contributed by atoms with Gasteiger partial charge in [0.1, 0.15) is 10.9 Å². The molecule has 24 heavy (non-hydrogen) atoms. The van der Waals surface area contributed by atoms with E-state index in [0.29, 0.717) is 13.0 Å². The molecule has 1 saturated heterocycles. The summed E-state index contributed by atoms with van der Waals surface area (Å²) in [6.45, 7) is 0.453. The molecule has 0 radical (unpaired) electrons. The zero-order valence-electron chi connectivity index (χ0n) is 12.7. The fourth-order valence-electron chi connectivity index (χ4n) is 3.28. The highest BCUT2D eigenvalue weighted by Gasteiger charge is 2.42. The van der Waals surface area contributed by atoms with Crippen LogP contribution in [0.4, 0.5) is 11.4 Å². The van der Waals surface area contributed by atoms with E-state index in [4.69, 9.17) is 0 Å². The largest absolute Gasteiger partial charge is 0.356 e. The lowest BCUT2D eigenvalue weighted by Crippen LogP contribution is -2.44. The molecule has 2 aliphatic heterocycles. The molecule has 8 heteroatoms. The number of amides is 1. The van der Waals surface area contributed by atoms with Gasteiger partial charge in [-0.3, -0.25) is 9.78 Å². The number of rotatable bonds is 3. The second-order valence-electron chi connectivity index (χ2n) is 5.92. The Kier molecular flexibility index (Phi) is 3.50. The van der Waals surface area contributed by atoms with Gasteiger partial charge in [0.15, 0.2) is 0 Å². The molecule has 2 aromatic rings. The monoisotopic (exact) mass is 344 g/mol. The van der Waals surface area contributed by atoms with Gasteiger partial charge in [-0.1, -0.05) is 12.1 Å². The third-order valence-corrected chi connectivity index (χ3v) is 5.85. The lowest BCUT2D eigenvalue weighted by atomic mass is 10.1. The van der Waals surface area contributed by atoms with Gasteiger partial charge in [-0.05, 0) is 30.7 Å². The molecule has 2 N–H and O–H groups in total. The van der Waals surface area contributed by atoms with E-state index in [0.717, 1.165) is 11.4 Å². The quantitative estimate of drug-likeness (QED) is 0.865. The number of nitrogens with zero attached hydrogens (tertiary/aromatic N) is 2. The highest BCUT2D eigenvalue weighted by molar-refractivity contribution is 7.89. The molecule has 7 nitrogen and oxygen atoms in total. The standard InChI is InChI=1S/C16H16N4O3S/c21-16-15-8-11(19-24(22,23)12-4-3-7-17-9-12)10-20(15)14-6-2-1-5-13(14)18-16/h1-7,9,11,15,19H,8,10H2,(H,18,21)/t11-,15+/m1/s1. The van der Waals surface area contributed by atoms with Crippen LogP contribution in [0.5, 0.6) is 0 Å². The summed E-state index contributed by atoms with van der Waals surface area (Å²) in [5.74, 6) is -0.100. The third kappa shape index (κ3) is 2.53. The number of aromatic nitrogens is 1. The van der Waals surface area contributed by atoms with Gasteiger partial charge in [-0.25, -0.2) is 13.1 Å². The molecule has 1 fully saturated rings. The highest BCUT2D eigenvalue weighted by atomic mass is 32.2. The maximum atomic E-state index is 12.5. The maximum absolute atomic E-state index is 12.5. The van der Waals surface area contributed by atoms with E-state index in [2.05, 4.69) is 15.0 Å². The summed E-state index contributed by atoms with van der Waals surface area (Å²) in [4.78, 5) is 18.2. The van der Waals surface area contributed by atoms with Crippen LogP contribution in [0.3, 0.4) is 0 Å². The molecule has 2 atom stereocenters. The minimum atomic E-state index is -3.65. The number of sulfonamides is 1. The van der Waals surface area contributed by atoms with Crippen molar-refractivity contribution in [2.75, 3.05) is 16.8 Å². The van der Waals surface area contributed by atoms with Crippen molar-refractivity contribution >= 4 is 27.3 Å². The smallest absolute Gasteiger partial charge is 0.247 e. The number of hydrogen-bond donors (Lipinski definition) is 2. The molecule has 124 valence electrons. The number of carbonyl (C=O) groups is 1. The van der Waals surface area contributed by atoms with Crippen molar-refractivity contribution in [2.24, 2.45) is 0 Å². The van der Waals surface area contributed by atoms with Crippen molar-refractivity contribution in [3.05, 3.63) is 48.8 Å². The van der Waals surface area contributed by atoms with Crippen molar-refractivity contribution in [1.82, 2.24) is 9.71 Å². The van der Waals surface area contributed by atoms with E-state index in [-0.39, 0.29) is 22.9 Å². The number of pyridine rings is 1. The van der Waals surface area contributed by atoms with Crippen molar-refractivity contribution in [2.45, 2.75) is 23.4 Å². The normalized spacial score (nSPS) is 22.7. The number of para-hydroxylation sites is 2. The minimum absolute atomic E-state index is 0.100. The van der Waals surface area contributed by atoms with Gasteiger partial charge < -0.3 is 10.2 Å². The average Bonchev–Trinajstić information content (AvgIpc) is 3.00. The summed E-state index contributed by atoms with van der Waals surface area (Å²) >= 11 is 0. The molecule has 0 bridgehead atoms. The lowest BCUT2D eigenvalue weighted by Gasteiger charge is -2.32. The van der Waals surface area contributed by atoms with E-state index < -0.39 is 10.0 Å². The summed E-state index contributed by atoms with van der Waals surface area (Å²) in [6.07, 6.45) is 3.27. The van der Waals surface area contributed by atoms with Gasteiger partial charge >= 0.3 is 0 Å². The lowest BCUT2D eigenvalue weighted by molar-refractivity contribution is -0.117. The molecular weight excluding hydrogens is 328 g/mol. The molecule has 3 heterocycles. The summed E-state index contributed by atoms with van der Waals surface area (Å²) in [7, 11) is -3.65. The Morgan fingerprint density at radius 2 is 2.04 bits per heavy atom. The average molecular weight is 344 g/mol. The SMILES string of the molecule is O=C1Nc2ccccc2N2C[C@H](NS(=O)(=O)c3cccnc3)C[C@@H]12. The first kappa shape index (κ1) is 15.1. The van der Waals surface area contributed by atoms with Crippen LogP contribution in [0.2, 0.25) is 0 Å². The van der Waals surface area contributed by atoms with E-state index >= 15 is 0 Å². The Balaban J connectivity index is 1.58. The first-order valence-corrected chi connectivity index (χ1v) is 9.12. The Morgan fingerprint density at radius 3 is 2.83 bits per heavy atom. The molecular formula is C16H16N4O3S. The molecule has 0 saturated carbocycles. The van der Waals surface area contributed by atoms with Crippen molar-refractivity contribution in [3.8, 4) is 0 Å². The number of fused-ring (bicyclic) bond motifs is 3. The van der Waals surface area contributed by atoms with Gasteiger partial charge in [0, 0.05) is 25.0 Å². The molecule has 4 rings (SSSR count). The van der Waals surface area contributed by atoms with Gasteiger partial charge in [-0.15, -0.1) is 0 Å². The zero-order valence-corrected chi connectivity index (χ0v) is 13.5. The number of anilines is 2. The van der Waals surface area contributed by atoms with E-state index in [1.54, 1.807) is 6.07 Å². The molecule has 0 unspecified atom stereocenters. The molecule has 1 amide bonds. The minimum Gasteiger partial charge on any atom is -0.356 e. The fraction of sp³-hybridized carbons (Fsp3) is 0.250. The predicted molar refractivity (Wildman–Crippen MR) is 89.2 cm³/mol. The first-order chi connectivity index (χ1) is 11.5. The first-order valence-electron chi connectivity index (χ1n) is 7.63. The van der Waals surface area contributed by atoms with Crippen molar-refractivity contribution < 1.29 is 13.2 Å². The number of benzene rings is 1. The van der Waals surface area contributed by atoms with Gasteiger partial charge in [0.05, 0.1) is 11.4 Å². The summed E-state index contributed by atoms with van der Waals surface area (Å²) in [6, 6.07) is 9.92. The summed E-state index contributed by atoms with van der Waals surface area (Å²) in [5.41, 5.74) is 1.68. The summed E-state index contributed by atoms with van der Waals surface area (Å²) < 4.78 is 27.6. The zero-order chi connectivity index (χ0) is 16.7. The number of nitrogens with one attached hydrogen (secondary N) is 2. The van der Waals surface area contributed by atoms with E-state index in [9.17, 15) is 13.2 Å². The molecule has 2 aliphatic rings. The Bertz CT molecular complexity index is 885. The second-order valence-corrected chi connectivity index (χ2v) is 7.63. The van der Waals surface area contributed by atoms with Gasteiger partial charge in [-0.2, -0.15) is 0 Å². The second kappa shape index (κ2) is 5.57. The van der Waals surface area contributed by atoms with Crippen LogP contribution in [0.1, 0.15) is 6.42 Å². The van der Waals surface area contributed by atoms with Crippen LogP contribution in [-0.4, -0.2) is 37.9 Å². The van der Waals surface area contributed by atoms with Crippen LogP contribution >= 0.6 is 0 Å². The maximum Gasteiger partial charge on any atom is 0.247 e. The number of carbonyl (C=O) groups excluding carboxylic acids is 1. The van der Waals surface area contributed by atoms with E-state index in [1.165, 1.54) is 18.5 Å². The van der Waals surface area contributed by atoms with Crippen molar-refractivity contribution in [3.63, 3.8) is 0 Å². The highest BCUT2D eigenvalue weighted by Crippen LogP contribution is 2.36. The van der Waals surface area contributed by atoms with Gasteiger partial charge in [0.25, 0.3) is 0 Å². The van der Waals surface area contributed by atoms with Crippen LogP contribution in [0.15, 0.2) is 53.7 Å². The van der Waals surface area contributed by atoms with Gasteiger partial charge in [0.2, 0.25) is 15.9 Å². The van der Waals surface area contributed by atoms with Crippen LogP contribution < -0.4 is 14.9 Å². The molecule has 1 aromatic heterocycles. The fourth-order valence-corrected chi connectivity index (χ4v) is 4.48. The third-order valence-electron chi connectivity index (χ3n) is 4.34. The van der Waals surface area contributed by atoms with Crippen LogP contribution in [0.25, 0.3) is 0 Å². The van der Waals surface area contributed by atoms with Crippen LogP contribution in [0, 0.1) is 0 Å². The van der Waals surface area contributed by atoms with Crippen molar-refractivity contribution in [1.29, 1.82) is 0 Å². The number of hydrogen-bond acceptors (Lipinski definition) is 5.